The smallest absolute Gasteiger partial charge is 0.237 e. The number of carbonyl (C=O) groups is 1. The zero-order chi connectivity index (χ0) is 20.0. The quantitative estimate of drug-likeness (QED) is 0.703. The summed E-state index contributed by atoms with van der Waals surface area (Å²) in [5.41, 5.74) is 5.11. The van der Waals surface area contributed by atoms with Gasteiger partial charge in [0.1, 0.15) is 11.1 Å². The normalized spacial score (nSPS) is 10.1. The van der Waals surface area contributed by atoms with E-state index in [2.05, 4.69) is 17.1 Å². The fourth-order valence-electron chi connectivity index (χ4n) is 2.92. The molecule has 0 saturated carbocycles. The van der Waals surface area contributed by atoms with Gasteiger partial charge in [0.2, 0.25) is 5.91 Å². The van der Waals surface area contributed by atoms with Crippen molar-refractivity contribution in [2.75, 3.05) is 17.2 Å². The van der Waals surface area contributed by atoms with E-state index in [0.717, 1.165) is 28.1 Å². The summed E-state index contributed by atoms with van der Waals surface area (Å²) in [5.74, 6) is 0.0494. The van der Waals surface area contributed by atoms with Gasteiger partial charge in [-0.05, 0) is 62.6 Å². The van der Waals surface area contributed by atoms with E-state index in [1.165, 1.54) is 11.8 Å². The highest BCUT2D eigenvalue weighted by atomic mass is 32.2. The molecule has 0 saturated heterocycles. The molecule has 1 aromatic carbocycles. The molecule has 0 spiro atoms. The first-order chi connectivity index (χ1) is 12.8. The lowest BCUT2D eigenvalue weighted by atomic mass is 10.1. The van der Waals surface area contributed by atoms with Crippen molar-refractivity contribution in [1.82, 2.24) is 4.98 Å². The van der Waals surface area contributed by atoms with Gasteiger partial charge in [-0.15, -0.1) is 0 Å². The van der Waals surface area contributed by atoms with Crippen LogP contribution in [0.15, 0.2) is 29.3 Å². The van der Waals surface area contributed by atoms with E-state index < -0.39 is 0 Å². The second-order valence-electron chi connectivity index (χ2n) is 6.46. The predicted octanol–water partition coefficient (Wildman–Crippen LogP) is 4.23. The van der Waals surface area contributed by atoms with E-state index >= 15 is 0 Å². The number of carbonyl (C=O) groups excluding carboxylic acids is 1. The number of aryl methyl sites for hydroxylation is 4. The summed E-state index contributed by atoms with van der Waals surface area (Å²) in [6, 6.07) is 12.1. The zero-order valence-electron chi connectivity index (χ0n) is 16.0. The van der Waals surface area contributed by atoms with Crippen LogP contribution in [0, 0.1) is 50.4 Å². The minimum Gasteiger partial charge on any atom is -0.311 e. The Morgan fingerprint density at radius 2 is 1.78 bits per heavy atom. The number of nitriles is 2. The molecule has 27 heavy (non-hydrogen) atoms. The molecular weight excluding hydrogens is 356 g/mol. The Labute approximate surface area is 164 Å². The number of aromatic nitrogens is 1. The maximum atomic E-state index is 12.9. The van der Waals surface area contributed by atoms with Crippen molar-refractivity contribution in [3.05, 3.63) is 52.2 Å². The molecule has 2 rings (SSSR count). The SMILES string of the molecule is Cc1cc(C)cc(N(CCC#N)C(=O)CSc2nc(C)cc(C)c2C#N)c1. The molecule has 0 unspecified atom stereocenters. The van der Waals surface area contributed by atoms with Crippen LogP contribution in [-0.4, -0.2) is 23.2 Å². The summed E-state index contributed by atoms with van der Waals surface area (Å²) < 4.78 is 0. The fourth-order valence-corrected chi connectivity index (χ4v) is 3.89. The monoisotopic (exact) mass is 378 g/mol. The molecule has 0 radical (unpaired) electrons. The Morgan fingerprint density at radius 3 is 2.37 bits per heavy atom. The lowest BCUT2D eigenvalue weighted by Crippen LogP contribution is -2.33. The number of amides is 1. The summed E-state index contributed by atoms with van der Waals surface area (Å²) in [5, 5.41) is 18.9. The Balaban J connectivity index is 2.25. The predicted molar refractivity (Wildman–Crippen MR) is 108 cm³/mol. The lowest BCUT2D eigenvalue weighted by Gasteiger charge is -2.23. The molecule has 1 heterocycles. The van der Waals surface area contributed by atoms with Crippen LogP contribution in [0.1, 0.15) is 34.4 Å². The van der Waals surface area contributed by atoms with Gasteiger partial charge in [-0.25, -0.2) is 4.98 Å². The molecule has 0 bridgehead atoms. The highest BCUT2D eigenvalue weighted by Crippen LogP contribution is 2.26. The molecule has 2 aromatic rings. The second-order valence-corrected chi connectivity index (χ2v) is 7.42. The van der Waals surface area contributed by atoms with Crippen LogP contribution in [0.3, 0.4) is 0 Å². The summed E-state index contributed by atoms with van der Waals surface area (Å²) in [4.78, 5) is 19.0. The zero-order valence-corrected chi connectivity index (χ0v) is 16.9. The first kappa shape index (κ1) is 20.5. The second kappa shape index (κ2) is 9.21. The van der Waals surface area contributed by atoms with Gasteiger partial charge in [-0.2, -0.15) is 10.5 Å². The van der Waals surface area contributed by atoms with Gasteiger partial charge < -0.3 is 4.90 Å². The van der Waals surface area contributed by atoms with Crippen LogP contribution in [0.5, 0.6) is 0 Å². The number of rotatable bonds is 6. The average Bonchev–Trinajstić information content (AvgIpc) is 2.59. The van der Waals surface area contributed by atoms with E-state index in [1.807, 2.05) is 52.0 Å². The van der Waals surface area contributed by atoms with Crippen molar-refractivity contribution >= 4 is 23.4 Å². The van der Waals surface area contributed by atoms with E-state index in [0.29, 0.717) is 17.1 Å². The molecule has 0 aliphatic rings. The summed E-state index contributed by atoms with van der Waals surface area (Å²) >= 11 is 1.27. The molecule has 5 nitrogen and oxygen atoms in total. The number of thioether (sulfide) groups is 1. The van der Waals surface area contributed by atoms with Crippen LogP contribution >= 0.6 is 11.8 Å². The molecule has 1 amide bonds. The Bertz CT molecular complexity index is 920. The van der Waals surface area contributed by atoms with Crippen LogP contribution in [0.25, 0.3) is 0 Å². The number of hydrogen-bond acceptors (Lipinski definition) is 5. The van der Waals surface area contributed by atoms with E-state index in [4.69, 9.17) is 5.26 Å². The van der Waals surface area contributed by atoms with Gasteiger partial charge in [0.15, 0.2) is 0 Å². The van der Waals surface area contributed by atoms with Gasteiger partial charge in [0.05, 0.1) is 23.8 Å². The van der Waals surface area contributed by atoms with Crippen LogP contribution in [-0.2, 0) is 4.79 Å². The fraction of sp³-hybridized carbons (Fsp3) is 0.333. The number of hydrogen-bond donors (Lipinski definition) is 0. The molecule has 0 aliphatic carbocycles. The van der Waals surface area contributed by atoms with Gasteiger partial charge in [-0.1, -0.05) is 17.8 Å². The third kappa shape index (κ3) is 5.32. The van der Waals surface area contributed by atoms with E-state index in [9.17, 15) is 10.1 Å². The third-order valence-electron chi connectivity index (χ3n) is 4.02. The van der Waals surface area contributed by atoms with Crippen LogP contribution < -0.4 is 4.90 Å². The maximum absolute atomic E-state index is 12.9. The third-order valence-corrected chi connectivity index (χ3v) is 4.98. The van der Waals surface area contributed by atoms with Crippen molar-refractivity contribution in [3.8, 4) is 12.1 Å². The van der Waals surface area contributed by atoms with E-state index in [1.54, 1.807) is 4.90 Å². The van der Waals surface area contributed by atoms with Gasteiger partial charge in [0, 0.05) is 17.9 Å². The van der Waals surface area contributed by atoms with Crippen molar-refractivity contribution in [1.29, 1.82) is 10.5 Å². The molecule has 0 atom stereocenters. The molecule has 0 fully saturated rings. The highest BCUT2D eigenvalue weighted by Gasteiger charge is 2.18. The average molecular weight is 379 g/mol. The Kier molecular flexibility index (Phi) is 6.98. The summed E-state index contributed by atoms with van der Waals surface area (Å²) in [6.07, 6.45) is 0.259. The Morgan fingerprint density at radius 1 is 1.11 bits per heavy atom. The molecule has 6 heteroatoms. The molecular formula is C21H22N4OS. The first-order valence-corrected chi connectivity index (χ1v) is 9.61. The summed E-state index contributed by atoms with van der Waals surface area (Å²) in [7, 11) is 0. The standard InChI is InChI=1S/C21H22N4OS/c1-14-8-15(2)10-18(9-14)25(7-5-6-22)20(26)13-27-21-19(12-23)16(3)11-17(4)24-21/h8-11H,5,7,13H2,1-4H3. The largest absolute Gasteiger partial charge is 0.311 e. The van der Waals surface area contributed by atoms with Crippen molar-refractivity contribution in [2.45, 2.75) is 39.1 Å². The molecule has 138 valence electrons. The lowest BCUT2D eigenvalue weighted by molar-refractivity contribution is -0.116. The molecule has 0 aliphatic heterocycles. The number of benzene rings is 1. The van der Waals surface area contributed by atoms with Crippen molar-refractivity contribution in [3.63, 3.8) is 0 Å². The topological polar surface area (TPSA) is 80.8 Å². The minimum absolute atomic E-state index is 0.106. The van der Waals surface area contributed by atoms with E-state index in [-0.39, 0.29) is 18.1 Å². The van der Waals surface area contributed by atoms with Gasteiger partial charge in [-0.3, -0.25) is 4.79 Å². The number of nitrogens with zero attached hydrogens (tertiary/aromatic N) is 4. The minimum atomic E-state index is -0.106. The van der Waals surface area contributed by atoms with Crippen molar-refractivity contribution < 1.29 is 4.79 Å². The first-order valence-electron chi connectivity index (χ1n) is 8.62. The van der Waals surface area contributed by atoms with Gasteiger partial charge in [0.25, 0.3) is 0 Å². The maximum Gasteiger partial charge on any atom is 0.237 e. The highest BCUT2D eigenvalue weighted by molar-refractivity contribution is 8.00. The number of pyridine rings is 1. The Hall–Kier alpha value is -2.83. The van der Waals surface area contributed by atoms with Crippen LogP contribution in [0.2, 0.25) is 0 Å². The van der Waals surface area contributed by atoms with Gasteiger partial charge >= 0.3 is 0 Å². The summed E-state index contributed by atoms with van der Waals surface area (Å²) in [6.45, 7) is 8.04. The number of anilines is 1. The molecule has 1 aromatic heterocycles. The molecule has 0 N–H and O–H groups in total. The van der Waals surface area contributed by atoms with Crippen molar-refractivity contribution in [2.24, 2.45) is 0 Å². The van der Waals surface area contributed by atoms with Crippen LogP contribution in [0.4, 0.5) is 5.69 Å².